The van der Waals surface area contributed by atoms with Crippen molar-refractivity contribution < 1.29 is 19.7 Å². The Morgan fingerprint density at radius 1 is 0.550 bits per heavy atom. The maximum atomic E-state index is 10.1. The summed E-state index contributed by atoms with van der Waals surface area (Å²) in [5.74, 6) is 14.1. The Hall–Kier alpha value is -5.72. The first-order chi connectivity index (χ1) is 19.6. The molecule has 6 nitrogen and oxygen atoms in total. The summed E-state index contributed by atoms with van der Waals surface area (Å²) in [6.45, 7) is 0. The minimum atomic E-state index is 0.172. The van der Waals surface area contributed by atoms with Crippen LogP contribution in [0, 0.1) is 23.7 Å². The van der Waals surface area contributed by atoms with Crippen LogP contribution >= 0.6 is 0 Å². The molecule has 0 radical (unpaired) electrons. The summed E-state index contributed by atoms with van der Waals surface area (Å²) < 4.78 is 11.0. The monoisotopic (exact) mass is 524 g/mol. The fraction of sp³-hybridized carbons (Fsp3) is 0.0588. The molecule has 2 heterocycles. The Balaban J connectivity index is 1.45. The Bertz CT molecular complexity index is 1660. The molecule has 0 amide bonds. The van der Waals surface area contributed by atoms with Gasteiger partial charge in [-0.1, -0.05) is 47.9 Å². The highest BCUT2D eigenvalue weighted by molar-refractivity contribution is 5.68. The number of hydrogen-bond acceptors (Lipinski definition) is 6. The first-order valence-corrected chi connectivity index (χ1v) is 12.3. The average molecular weight is 525 g/mol. The molecule has 0 saturated carbocycles. The van der Waals surface area contributed by atoms with Crippen molar-refractivity contribution >= 4 is 0 Å². The number of methoxy groups -OCH3 is 2. The summed E-state index contributed by atoms with van der Waals surface area (Å²) in [5.41, 5.74) is 5.35. The lowest BCUT2D eigenvalue weighted by Gasteiger charge is -2.09. The number of aromatic hydroxyl groups is 2. The number of aromatic nitrogens is 2. The van der Waals surface area contributed by atoms with Gasteiger partial charge in [0.05, 0.1) is 25.6 Å². The van der Waals surface area contributed by atoms with E-state index in [0.29, 0.717) is 56.3 Å². The van der Waals surface area contributed by atoms with Gasteiger partial charge in [-0.25, -0.2) is 0 Å². The standard InChI is InChI=1S/C34H24N2O4/c1-39-33-19-25(15-11-23-13-17-29(35-21-23)27-7-3-5-9-31(27)37)26(20-34(33)40-2)16-12-24-14-18-30(36-22-24)28-8-4-6-10-32(28)38/h3-10,13-14,17-22,37-38H,1-2H3. The van der Waals surface area contributed by atoms with Crippen molar-refractivity contribution in [3.05, 3.63) is 120 Å². The molecule has 0 aliphatic heterocycles. The van der Waals surface area contributed by atoms with Gasteiger partial charge in [-0.2, -0.15) is 0 Å². The number of phenols is 2. The lowest BCUT2D eigenvalue weighted by molar-refractivity contribution is 0.355. The van der Waals surface area contributed by atoms with Gasteiger partial charge in [0.25, 0.3) is 0 Å². The van der Waals surface area contributed by atoms with E-state index < -0.39 is 0 Å². The van der Waals surface area contributed by atoms with Crippen molar-refractivity contribution in [3.63, 3.8) is 0 Å². The van der Waals surface area contributed by atoms with Crippen molar-refractivity contribution in [3.8, 4) is 69.2 Å². The van der Waals surface area contributed by atoms with E-state index in [2.05, 4.69) is 33.6 Å². The third kappa shape index (κ3) is 5.72. The van der Waals surface area contributed by atoms with Gasteiger partial charge in [-0.05, 0) is 48.5 Å². The van der Waals surface area contributed by atoms with Gasteiger partial charge in [-0.15, -0.1) is 0 Å². The SMILES string of the molecule is COc1cc(C#Cc2ccc(-c3ccccc3O)nc2)c(C#Cc2ccc(-c3ccccc3O)nc2)cc1OC. The van der Waals surface area contributed by atoms with Gasteiger partial charge >= 0.3 is 0 Å². The maximum Gasteiger partial charge on any atom is 0.162 e. The lowest BCUT2D eigenvalue weighted by Crippen LogP contribution is -1.94. The van der Waals surface area contributed by atoms with Crippen LogP contribution in [0.4, 0.5) is 0 Å². The summed E-state index contributed by atoms with van der Waals surface area (Å²) in [6, 6.07) is 25.0. The molecule has 5 rings (SSSR count). The first kappa shape index (κ1) is 25.9. The van der Waals surface area contributed by atoms with E-state index in [0.717, 1.165) is 0 Å². The Morgan fingerprint density at radius 2 is 0.975 bits per heavy atom. The molecule has 194 valence electrons. The maximum absolute atomic E-state index is 10.1. The molecule has 0 aliphatic rings. The first-order valence-electron chi connectivity index (χ1n) is 12.3. The molecule has 0 unspecified atom stereocenters. The van der Waals surface area contributed by atoms with Crippen LogP contribution in [-0.4, -0.2) is 34.4 Å². The van der Waals surface area contributed by atoms with Crippen LogP contribution in [0.1, 0.15) is 22.3 Å². The predicted octanol–water partition coefficient (Wildman–Crippen LogP) is 6.04. The van der Waals surface area contributed by atoms with Crippen LogP contribution in [-0.2, 0) is 0 Å². The Kier molecular flexibility index (Phi) is 7.62. The van der Waals surface area contributed by atoms with Crippen LogP contribution in [0.25, 0.3) is 22.5 Å². The van der Waals surface area contributed by atoms with Gasteiger partial charge in [0.2, 0.25) is 0 Å². The number of rotatable bonds is 4. The molecule has 2 N–H and O–H groups in total. The lowest BCUT2D eigenvalue weighted by atomic mass is 10.1. The highest BCUT2D eigenvalue weighted by atomic mass is 16.5. The minimum Gasteiger partial charge on any atom is -0.507 e. The molecule has 0 aliphatic carbocycles. The molecule has 0 atom stereocenters. The molecule has 0 spiro atoms. The van der Waals surface area contributed by atoms with E-state index in [1.165, 1.54) is 0 Å². The van der Waals surface area contributed by atoms with Gasteiger partial charge in [0.15, 0.2) is 11.5 Å². The number of phenolic OH excluding ortho intramolecular Hbond substituents is 2. The normalized spacial score (nSPS) is 10.1. The number of ether oxygens (including phenoxy) is 2. The summed E-state index contributed by atoms with van der Waals surface area (Å²) in [7, 11) is 3.14. The molecular formula is C34H24N2O4. The van der Waals surface area contributed by atoms with E-state index >= 15 is 0 Å². The molecule has 0 saturated heterocycles. The van der Waals surface area contributed by atoms with Crippen molar-refractivity contribution in [1.29, 1.82) is 0 Å². The molecule has 0 fully saturated rings. The summed E-state index contributed by atoms with van der Waals surface area (Å²) in [4.78, 5) is 8.92. The van der Waals surface area contributed by atoms with Crippen LogP contribution in [0.2, 0.25) is 0 Å². The van der Waals surface area contributed by atoms with E-state index in [4.69, 9.17) is 9.47 Å². The third-order valence-electron chi connectivity index (χ3n) is 6.09. The van der Waals surface area contributed by atoms with E-state index in [-0.39, 0.29) is 11.5 Å². The minimum absolute atomic E-state index is 0.172. The number of pyridine rings is 2. The van der Waals surface area contributed by atoms with Crippen LogP contribution in [0.15, 0.2) is 97.3 Å². The summed E-state index contributed by atoms with van der Waals surface area (Å²) >= 11 is 0. The number of para-hydroxylation sites is 2. The van der Waals surface area contributed by atoms with Gasteiger partial charge in [0, 0.05) is 57.9 Å². The van der Waals surface area contributed by atoms with Gasteiger partial charge in [-0.3, -0.25) is 9.97 Å². The van der Waals surface area contributed by atoms with Crippen LogP contribution in [0.5, 0.6) is 23.0 Å². The predicted molar refractivity (Wildman–Crippen MR) is 154 cm³/mol. The summed E-state index contributed by atoms with van der Waals surface area (Å²) in [5, 5.41) is 20.2. The number of nitrogens with zero attached hydrogens (tertiary/aromatic N) is 2. The topological polar surface area (TPSA) is 84.7 Å². The number of hydrogen-bond donors (Lipinski definition) is 2. The van der Waals surface area contributed by atoms with Crippen molar-refractivity contribution in [2.24, 2.45) is 0 Å². The zero-order valence-corrected chi connectivity index (χ0v) is 21.8. The molecule has 5 aromatic rings. The second-order valence-electron chi connectivity index (χ2n) is 8.65. The van der Waals surface area contributed by atoms with E-state index in [9.17, 15) is 10.2 Å². The van der Waals surface area contributed by atoms with Crippen molar-refractivity contribution in [2.75, 3.05) is 14.2 Å². The number of benzene rings is 3. The highest BCUT2D eigenvalue weighted by Gasteiger charge is 2.10. The van der Waals surface area contributed by atoms with E-state index in [1.54, 1.807) is 63.0 Å². The molecular weight excluding hydrogens is 500 g/mol. The Morgan fingerprint density at radius 3 is 1.32 bits per heavy atom. The average Bonchev–Trinajstić information content (AvgIpc) is 3.00. The van der Waals surface area contributed by atoms with Gasteiger partial charge < -0.3 is 19.7 Å². The Labute approximate surface area is 232 Å². The molecule has 6 heteroatoms. The third-order valence-corrected chi connectivity index (χ3v) is 6.09. The summed E-state index contributed by atoms with van der Waals surface area (Å²) in [6.07, 6.45) is 3.33. The smallest absolute Gasteiger partial charge is 0.162 e. The van der Waals surface area contributed by atoms with Crippen LogP contribution < -0.4 is 9.47 Å². The molecule has 2 aromatic heterocycles. The van der Waals surface area contributed by atoms with Gasteiger partial charge in [0.1, 0.15) is 11.5 Å². The molecule has 3 aromatic carbocycles. The quantitative estimate of drug-likeness (QED) is 0.279. The zero-order valence-electron chi connectivity index (χ0n) is 21.8. The van der Waals surface area contributed by atoms with Crippen molar-refractivity contribution in [2.45, 2.75) is 0 Å². The van der Waals surface area contributed by atoms with Crippen LogP contribution in [0.3, 0.4) is 0 Å². The molecule has 0 bridgehead atoms. The van der Waals surface area contributed by atoms with E-state index in [1.807, 2.05) is 48.5 Å². The zero-order chi connectivity index (χ0) is 27.9. The fourth-order valence-electron chi connectivity index (χ4n) is 4.00. The highest BCUT2D eigenvalue weighted by Crippen LogP contribution is 2.31. The second kappa shape index (κ2) is 11.8. The fourth-order valence-corrected chi connectivity index (χ4v) is 4.00. The molecule has 40 heavy (non-hydrogen) atoms. The second-order valence-corrected chi connectivity index (χ2v) is 8.65. The largest absolute Gasteiger partial charge is 0.507 e. The van der Waals surface area contributed by atoms with Crippen molar-refractivity contribution in [1.82, 2.24) is 9.97 Å².